The van der Waals surface area contributed by atoms with Gasteiger partial charge in [-0.3, -0.25) is 0 Å². The molecule has 34 rings (SSSR count). The van der Waals surface area contributed by atoms with Gasteiger partial charge in [-0.05, 0) is 0 Å². The third-order valence-corrected chi connectivity index (χ3v) is 19.6. The number of alkyl halides is 8. The molecule has 0 amide bonds. The first-order valence-electron chi connectivity index (χ1n) is 28.3. The van der Waals surface area contributed by atoms with E-state index in [-0.39, 0.29) is 5.88 Å². The molecule has 34 heterocycles. The summed E-state index contributed by atoms with van der Waals surface area (Å²) in [5, 5.41) is 162. The van der Waals surface area contributed by atoms with Gasteiger partial charge < -0.3 is 157 Å². The van der Waals surface area contributed by atoms with Gasteiger partial charge in [0.15, 0.2) is 50.3 Å². The summed E-state index contributed by atoms with van der Waals surface area (Å²) in [6.07, 6.45) is -69.6. The second kappa shape index (κ2) is 31.5. The molecule has 34 aliphatic heterocycles. The maximum atomic E-state index is 11.9. The number of hydrogen-bond acceptors (Lipinski definition) is 32. The van der Waals surface area contributed by atoms with Gasteiger partial charge in [0.1, 0.15) is 202 Å². The van der Waals surface area contributed by atoms with Crippen LogP contribution in [0.2, 0.25) is 0 Å². The van der Waals surface area contributed by atoms with Crippen molar-refractivity contribution in [2.75, 3.05) is 53.8 Å². The minimum Gasteiger partial charge on any atom is -0.387 e. The van der Waals surface area contributed by atoms with E-state index in [0.717, 1.165) is 0 Å². The topological polar surface area (TPSA) is 449 Å². The first-order chi connectivity index (χ1) is 42.6. The predicted octanol–water partition coefficient (Wildman–Crippen LogP) is -6.41. The van der Waals surface area contributed by atoms with E-state index in [1.807, 2.05) is 0 Å². The molecule has 40 heteroatoms. The number of aliphatic hydroxyl groups is 14. The standard InChI is InChI=1S/C49H72Cl8O32/c50-1-10-32-18(58)25(65)43(75-10)84-34-12(3-52)77-45(27(67)20(34)60)86-36-14(5-54)79-47(29(69)22(36)62)88-38-16(7-56)81-49-41(30(38)70)73-9-72-40-31(71)48(80-17(8-57)39(40)89-49)87-37-15(6-55)78-46(28(68)23(37)63)85-35-13(4-53)76-44(26(66)21(35)61)83-33-11(2-51)74-42(82-32)24(64)19(33)59/h10-49,58-71H,1-9H2/t10-,11-,12-,13-,14-,15-,16-,17-,18-,19-,20-,21-,22-,23-,24-,25-,26-,27-,28-,29-,30+,31-,32-,33-,34-,35-,36-,37-,38-,39-,40-,41-,42-,43-,44-,45-,46-,47-,48-,49-/m1/s1. The summed E-state index contributed by atoms with van der Waals surface area (Å²) in [7, 11) is 0. The molecule has 34 saturated heterocycles. The lowest BCUT2D eigenvalue weighted by atomic mass is 9.95. The van der Waals surface area contributed by atoms with Crippen LogP contribution < -0.4 is 0 Å². The molecule has 18 bridgehead atoms. The van der Waals surface area contributed by atoms with Crippen LogP contribution in [-0.4, -0.2) is 371 Å². The van der Waals surface area contributed by atoms with Crippen LogP contribution in [0.25, 0.3) is 0 Å². The maximum absolute atomic E-state index is 11.9. The zero-order valence-electron chi connectivity index (χ0n) is 46.1. The van der Waals surface area contributed by atoms with Crippen molar-refractivity contribution >= 4 is 92.8 Å². The zero-order valence-corrected chi connectivity index (χ0v) is 52.1. The van der Waals surface area contributed by atoms with E-state index in [1.54, 1.807) is 0 Å². The van der Waals surface area contributed by atoms with Crippen LogP contribution in [-0.2, 0) is 85.3 Å². The molecule has 0 aromatic rings. The van der Waals surface area contributed by atoms with Crippen molar-refractivity contribution in [3.8, 4) is 0 Å². The smallest absolute Gasteiger partial charge is 0.187 e. The van der Waals surface area contributed by atoms with Crippen molar-refractivity contribution in [2.24, 2.45) is 0 Å². The fraction of sp³-hybridized carbons (Fsp3) is 1.00. The molecule has 34 aliphatic rings. The number of aliphatic hydroxyl groups excluding tert-OH is 14. The number of hydrogen-bond donors (Lipinski definition) is 14. The van der Waals surface area contributed by atoms with Gasteiger partial charge in [-0.15, -0.1) is 92.8 Å². The number of ether oxygens (including phenoxy) is 18. The first-order valence-corrected chi connectivity index (χ1v) is 32.6. The van der Waals surface area contributed by atoms with Crippen LogP contribution in [0.1, 0.15) is 0 Å². The molecule has 14 N–H and O–H groups in total. The minimum atomic E-state index is -2.08. The summed E-state index contributed by atoms with van der Waals surface area (Å²) >= 11 is 50.7. The van der Waals surface area contributed by atoms with Crippen LogP contribution in [0.15, 0.2) is 0 Å². The molecular weight excluding hydrogens is 1380 g/mol. The molecular formula is C49H72Cl8O32. The van der Waals surface area contributed by atoms with Gasteiger partial charge in [0, 0.05) is 0 Å². The van der Waals surface area contributed by atoms with E-state index < -0.39 is 294 Å². The highest BCUT2D eigenvalue weighted by Crippen LogP contribution is 2.42. The van der Waals surface area contributed by atoms with Gasteiger partial charge in [0.25, 0.3) is 0 Å². The fourth-order valence-electron chi connectivity index (χ4n) is 12.3. The zero-order chi connectivity index (χ0) is 64.2. The predicted molar refractivity (Wildman–Crippen MR) is 293 cm³/mol. The van der Waals surface area contributed by atoms with Crippen molar-refractivity contribution < 1.29 is 157 Å². The third-order valence-electron chi connectivity index (χ3n) is 17.1. The van der Waals surface area contributed by atoms with E-state index in [1.165, 1.54) is 0 Å². The van der Waals surface area contributed by atoms with Crippen LogP contribution in [0, 0.1) is 0 Å². The molecule has 516 valence electrons. The molecule has 40 atom stereocenters. The highest BCUT2D eigenvalue weighted by Gasteiger charge is 2.61. The maximum Gasteiger partial charge on any atom is 0.187 e. The lowest BCUT2D eigenvalue weighted by Crippen LogP contribution is -2.69. The van der Waals surface area contributed by atoms with Crippen molar-refractivity contribution in [1.29, 1.82) is 0 Å². The van der Waals surface area contributed by atoms with Crippen LogP contribution in [0.4, 0.5) is 0 Å². The largest absolute Gasteiger partial charge is 0.387 e. The van der Waals surface area contributed by atoms with Gasteiger partial charge in [-0.1, -0.05) is 0 Å². The van der Waals surface area contributed by atoms with Crippen LogP contribution in [0.3, 0.4) is 0 Å². The summed E-state index contributed by atoms with van der Waals surface area (Å²) in [5.74, 6) is -3.81. The van der Waals surface area contributed by atoms with Gasteiger partial charge in [0.05, 0.1) is 47.0 Å². The van der Waals surface area contributed by atoms with E-state index in [0.29, 0.717) is 0 Å². The Labute approximate surface area is 546 Å². The number of halogens is 8. The summed E-state index contributed by atoms with van der Waals surface area (Å²) < 4.78 is 108. The number of rotatable bonds is 8. The first kappa shape index (κ1) is 72.8. The van der Waals surface area contributed by atoms with Gasteiger partial charge in [-0.2, -0.15) is 0 Å². The molecule has 0 spiro atoms. The Morgan fingerprint density at radius 1 is 0.180 bits per heavy atom. The third kappa shape index (κ3) is 14.6. The highest BCUT2D eigenvalue weighted by molar-refractivity contribution is 6.19. The quantitative estimate of drug-likeness (QED) is 0.101. The summed E-state index contributed by atoms with van der Waals surface area (Å²) in [6, 6.07) is 0. The van der Waals surface area contributed by atoms with E-state index in [4.69, 9.17) is 178 Å². The normalized spacial score (nSPS) is 55.5. The molecule has 34 fully saturated rings. The Morgan fingerprint density at radius 3 is 0.596 bits per heavy atom. The van der Waals surface area contributed by atoms with Crippen LogP contribution in [0.5, 0.6) is 0 Å². The monoisotopic (exact) mass is 1450 g/mol. The Balaban J connectivity index is 0.917. The van der Waals surface area contributed by atoms with E-state index in [9.17, 15) is 71.5 Å². The molecule has 0 aliphatic carbocycles. The SMILES string of the molecule is O[C@@H]1[C@@H](O)[C@H]2O[C@H]3[C@H](O)[C@@H](O)[C@@H](O[C@H]4[C@H](O)[C@@H](O)[C@@H](O[C@H]5[C@H](O)[C@H]6OCO[C@@H]7[C@@H](O)[C@@H](O[C@H]8[C@H](O)[C@@H](O)[C@@H](O[C@H]9[C@H](O)[C@@H](O)[C@@H](O[C@H]%10[C@H](O)[C@@H](O)[C@@H](O[C@@H]1[C@@H](CCl)O2)O[C@@H]%10CCl)O[C@@H]9CCl)O[C@@H]8CCl)O[C@H](CCl)[C@H]7O[C@H]6O[C@@H]5CCl)O[C@@H]4CCl)O[C@@H]3CCl. The fourth-order valence-corrected chi connectivity index (χ4v) is 14.2. The van der Waals surface area contributed by atoms with Gasteiger partial charge >= 0.3 is 0 Å². The molecule has 0 radical (unpaired) electrons. The second-order valence-corrected chi connectivity index (χ2v) is 25.1. The second-order valence-electron chi connectivity index (χ2n) is 22.6. The molecule has 0 aromatic heterocycles. The molecule has 0 aromatic carbocycles. The van der Waals surface area contributed by atoms with Crippen molar-refractivity contribution in [3.63, 3.8) is 0 Å². The Kier molecular flexibility index (Phi) is 25.8. The Hall–Kier alpha value is 1.04. The minimum absolute atomic E-state index is 0.377. The lowest BCUT2D eigenvalue weighted by Gasteiger charge is -2.52. The van der Waals surface area contributed by atoms with Gasteiger partial charge in [0.2, 0.25) is 0 Å². The molecule has 0 unspecified atom stereocenters. The van der Waals surface area contributed by atoms with Crippen molar-refractivity contribution in [1.82, 2.24) is 0 Å². The summed E-state index contributed by atoms with van der Waals surface area (Å²) in [6.45, 7) is -0.698. The van der Waals surface area contributed by atoms with E-state index in [2.05, 4.69) is 0 Å². The molecule has 0 saturated carbocycles. The summed E-state index contributed by atoms with van der Waals surface area (Å²) in [4.78, 5) is 0. The van der Waals surface area contributed by atoms with Crippen molar-refractivity contribution in [3.05, 3.63) is 0 Å². The average Bonchev–Trinajstić information content (AvgIpc) is 2.26. The summed E-state index contributed by atoms with van der Waals surface area (Å²) in [5.41, 5.74) is 0. The molecule has 32 nitrogen and oxygen atoms in total. The highest BCUT2D eigenvalue weighted by atomic mass is 35.5. The van der Waals surface area contributed by atoms with E-state index >= 15 is 0 Å². The average molecular weight is 1460 g/mol. The Bertz CT molecular complexity index is 2220. The molecule has 89 heavy (non-hydrogen) atoms. The lowest BCUT2D eigenvalue weighted by molar-refractivity contribution is -0.411. The van der Waals surface area contributed by atoms with Gasteiger partial charge in [-0.25, -0.2) is 0 Å². The van der Waals surface area contributed by atoms with Crippen LogP contribution >= 0.6 is 92.8 Å². The van der Waals surface area contributed by atoms with Crippen molar-refractivity contribution in [2.45, 2.75) is 246 Å². The Morgan fingerprint density at radius 2 is 0.360 bits per heavy atom.